The van der Waals surface area contributed by atoms with Gasteiger partial charge in [0.05, 0.1) is 35.2 Å². The van der Waals surface area contributed by atoms with Gasteiger partial charge >= 0.3 is 6.03 Å². The number of urea groups is 1. The molecule has 1 aromatic carbocycles. The molecule has 9 heteroatoms. The number of benzene rings is 1. The lowest BCUT2D eigenvalue weighted by atomic mass is 9.83. The highest BCUT2D eigenvalue weighted by atomic mass is 32.3. The third-order valence-electron chi connectivity index (χ3n) is 7.53. The molecule has 1 saturated carbocycles. The molecule has 186 valence electrons. The van der Waals surface area contributed by atoms with Crippen LogP contribution in [0.2, 0.25) is 0 Å². The van der Waals surface area contributed by atoms with E-state index in [1.54, 1.807) is 12.0 Å². The maximum atomic E-state index is 13.4. The highest BCUT2D eigenvalue weighted by Crippen LogP contribution is 2.60. The minimum atomic E-state index is -1.07. The van der Waals surface area contributed by atoms with Crippen molar-refractivity contribution in [1.29, 1.82) is 0 Å². The zero-order chi connectivity index (χ0) is 24.7. The van der Waals surface area contributed by atoms with Crippen LogP contribution >= 0.6 is 10.0 Å². The maximum Gasteiger partial charge on any atom is 0.319 e. The van der Waals surface area contributed by atoms with E-state index in [1.807, 2.05) is 44.2 Å². The highest BCUT2D eigenvalue weighted by molar-refractivity contribution is 8.33. The molecular formula is C25H37N5O3S. The van der Waals surface area contributed by atoms with E-state index in [-0.39, 0.29) is 22.7 Å². The number of hydrogen-bond donors (Lipinski definition) is 3. The van der Waals surface area contributed by atoms with Gasteiger partial charge in [0.2, 0.25) is 5.91 Å². The Hall–Kier alpha value is -2.52. The molecule has 1 atom stereocenters. The lowest BCUT2D eigenvalue weighted by Gasteiger charge is -2.53. The van der Waals surface area contributed by atoms with E-state index in [9.17, 15) is 9.59 Å². The van der Waals surface area contributed by atoms with E-state index >= 15 is 0 Å². The number of hydrogen-bond acceptors (Lipinski definition) is 4. The highest BCUT2D eigenvalue weighted by Gasteiger charge is 2.51. The number of aromatic nitrogens is 2. The number of rotatable bonds is 7. The van der Waals surface area contributed by atoms with Crippen LogP contribution in [-0.4, -0.2) is 64.3 Å². The van der Waals surface area contributed by atoms with Crippen molar-refractivity contribution in [1.82, 2.24) is 20.4 Å². The molecule has 0 radical (unpaired) electrons. The van der Waals surface area contributed by atoms with E-state index in [0.717, 1.165) is 36.1 Å². The average molecular weight is 488 g/mol. The summed E-state index contributed by atoms with van der Waals surface area (Å²) in [6, 6.07) is 9.35. The Bertz CT molecular complexity index is 1060. The van der Waals surface area contributed by atoms with E-state index in [1.165, 1.54) is 0 Å². The quantitative estimate of drug-likeness (QED) is 0.547. The molecule has 3 amide bonds. The van der Waals surface area contributed by atoms with Gasteiger partial charge in [-0.1, -0.05) is 30.3 Å². The standard InChI is InChI=1S/C25H37N5O3S/c1-24(2)20-18(21(29-28-20)27-22(31)25(13-10-14-25)34(4,5)6)15-30(24)23(32)26-19(16-33-3)17-11-8-7-9-12-17/h7-9,11-12,19H,10,13-16H2,1-6H3,(H,26,32)(H2,27,28,29,31). The number of carbonyl (C=O) groups excluding carboxylic acids is 2. The minimum absolute atomic E-state index is 0.0560. The van der Waals surface area contributed by atoms with E-state index in [2.05, 4.69) is 39.6 Å². The molecule has 0 spiro atoms. The van der Waals surface area contributed by atoms with Gasteiger partial charge in [-0.2, -0.15) is 5.10 Å². The van der Waals surface area contributed by atoms with Crippen molar-refractivity contribution in [2.75, 3.05) is 37.8 Å². The van der Waals surface area contributed by atoms with Crippen LogP contribution in [0.1, 0.15) is 56.0 Å². The third kappa shape index (κ3) is 4.09. The molecule has 0 saturated heterocycles. The van der Waals surface area contributed by atoms with E-state index in [4.69, 9.17) is 4.74 Å². The first-order chi connectivity index (χ1) is 16.0. The van der Waals surface area contributed by atoms with Crippen LogP contribution in [0.3, 0.4) is 0 Å². The summed E-state index contributed by atoms with van der Waals surface area (Å²) in [5.41, 5.74) is 2.10. The van der Waals surface area contributed by atoms with Crippen LogP contribution < -0.4 is 10.6 Å². The Kier molecular flexibility index (Phi) is 6.46. The van der Waals surface area contributed by atoms with Gasteiger partial charge < -0.3 is 20.3 Å². The van der Waals surface area contributed by atoms with Crippen molar-refractivity contribution in [3.8, 4) is 0 Å². The number of methoxy groups -OCH3 is 1. The van der Waals surface area contributed by atoms with E-state index in [0.29, 0.717) is 19.0 Å². The van der Waals surface area contributed by atoms with Crippen molar-refractivity contribution < 1.29 is 14.3 Å². The number of anilines is 1. The summed E-state index contributed by atoms with van der Waals surface area (Å²) in [6.07, 6.45) is 9.55. The molecule has 2 aromatic rings. The molecule has 8 nitrogen and oxygen atoms in total. The van der Waals surface area contributed by atoms with Gasteiger partial charge in [0.1, 0.15) is 0 Å². The molecule has 1 unspecified atom stereocenters. The fraction of sp³-hybridized carbons (Fsp3) is 0.560. The van der Waals surface area contributed by atoms with Gasteiger partial charge in [-0.15, -0.1) is 0 Å². The number of H-pyrrole nitrogens is 1. The molecule has 1 fully saturated rings. The number of ether oxygens (including phenoxy) is 1. The fourth-order valence-electron chi connectivity index (χ4n) is 5.08. The smallest absolute Gasteiger partial charge is 0.319 e. The monoisotopic (exact) mass is 487 g/mol. The number of nitrogens with zero attached hydrogens (tertiary/aromatic N) is 2. The fourth-order valence-corrected chi connectivity index (χ4v) is 7.20. The van der Waals surface area contributed by atoms with Gasteiger partial charge in [0.25, 0.3) is 0 Å². The van der Waals surface area contributed by atoms with Crippen molar-refractivity contribution in [3.05, 3.63) is 47.2 Å². The van der Waals surface area contributed by atoms with Crippen molar-refractivity contribution in [2.24, 2.45) is 0 Å². The van der Waals surface area contributed by atoms with Gasteiger partial charge in [0.15, 0.2) is 5.82 Å². The summed E-state index contributed by atoms with van der Waals surface area (Å²) in [5, 5.41) is 13.8. The second-order valence-electron chi connectivity index (χ2n) is 10.6. The Labute approximate surface area is 203 Å². The average Bonchev–Trinajstić information content (AvgIpc) is 3.24. The van der Waals surface area contributed by atoms with Crippen LogP contribution in [0.4, 0.5) is 10.6 Å². The van der Waals surface area contributed by atoms with Crippen LogP contribution in [0.15, 0.2) is 30.3 Å². The topological polar surface area (TPSA) is 99.3 Å². The van der Waals surface area contributed by atoms with Crippen molar-refractivity contribution in [2.45, 2.75) is 56.0 Å². The molecule has 4 rings (SSSR count). The van der Waals surface area contributed by atoms with Crippen molar-refractivity contribution in [3.63, 3.8) is 0 Å². The maximum absolute atomic E-state index is 13.4. The number of fused-ring (bicyclic) bond motifs is 1. The zero-order valence-electron chi connectivity index (χ0n) is 21.0. The summed E-state index contributed by atoms with van der Waals surface area (Å²) in [7, 11) is 0.553. The molecule has 1 aliphatic carbocycles. The van der Waals surface area contributed by atoms with Crippen LogP contribution in [0, 0.1) is 0 Å². The van der Waals surface area contributed by atoms with Gasteiger partial charge in [0, 0.05) is 12.7 Å². The minimum Gasteiger partial charge on any atom is -0.382 e. The van der Waals surface area contributed by atoms with Gasteiger partial charge in [-0.3, -0.25) is 9.89 Å². The lowest BCUT2D eigenvalue weighted by molar-refractivity contribution is -0.120. The largest absolute Gasteiger partial charge is 0.382 e. The summed E-state index contributed by atoms with van der Waals surface area (Å²) in [5.74, 6) is 0.593. The summed E-state index contributed by atoms with van der Waals surface area (Å²) < 4.78 is 5.07. The molecule has 0 bridgehead atoms. The Balaban J connectivity index is 1.52. The Morgan fingerprint density at radius 3 is 2.44 bits per heavy atom. The molecule has 1 aliphatic heterocycles. The lowest BCUT2D eigenvalue weighted by Crippen LogP contribution is -2.51. The molecular weight excluding hydrogens is 450 g/mol. The second kappa shape index (κ2) is 8.92. The predicted molar refractivity (Wildman–Crippen MR) is 137 cm³/mol. The molecule has 34 heavy (non-hydrogen) atoms. The number of carbonyl (C=O) groups is 2. The molecule has 2 heterocycles. The summed E-state index contributed by atoms with van der Waals surface area (Å²) >= 11 is 0. The van der Waals surface area contributed by atoms with Crippen molar-refractivity contribution >= 4 is 27.8 Å². The van der Waals surface area contributed by atoms with Crippen LogP contribution in [-0.2, 0) is 21.6 Å². The number of nitrogens with one attached hydrogen (secondary N) is 3. The molecule has 3 N–H and O–H groups in total. The summed E-state index contributed by atoms with van der Waals surface area (Å²) in [4.78, 5) is 28.6. The zero-order valence-corrected chi connectivity index (χ0v) is 21.8. The first-order valence-electron chi connectivity index (χ1n) is 11.7. The first-order valence-corrected chi connectivity index (χ1v) is 14.6. The normalized spacial score (nSPS) is 19.6. The first kappa shape index (κ1) is 24.6. The summed E-state index contributed by atoms with van der Waals surface area (Å²) in [6.45, 7) is 4.71. The second-order valence-corrected chi connectivity index (χ2v) is 15.0. The SMILES string of the molecule is COCC(NC(=O)N1Cc2c(NC(=O)C3(S(C)(C)C)CCC3)n[nH]c2C1(C)C)c1ccccc1. The van der Waals surface area contributed by atoms with Crippen LogP contribution in [0.5, 0.6) is 0 Å². The Morgan fingerprint density at radius 1 is 1.21 bits per heavy atom. The Morgan fingerprint density at radius 2 is 1.88 bits per heavy atom. The van der Waals surface area contributed by atoms with Gasteiger partial charge in [-0.25, -0.2) is 14.8 Å². The predicted octanol–water partition coefficient (Wildman–Crippen LogP) is 4.11. The number of amides is 3. The van der Waals surface area contributed by atoms with E-state index < -0.39 is 15.6 Å². The molecule has 1 aromatic heterocycles. The number of aromatic amines is 1. The van der Waals surface area contributed by atoms with Crippen LogP contribution in [0.25, 0.3) is 0 Å². The van der Waals surface area contributed by atoms with Gasteiger partial charge in [-0.05, 0) is 57.4 Å². The third-order valence-corrected chi connectivity index (χ3v) is 10.5. The molecule has 2 aliphatic rings.